The fraction of sp³-hybridized carbons (Fsp3) is 0.929. The molecule has 5 nitrogen and oxygen atoms in total. The SMILES string of the molecule is COCCOCCOC(=O)CC(C)C1CCCNC1. The van der Waals surface area contributed by atoms with Gasteiger partial charge in [0.2, 0.25) is 0 Å². The normalized spacial score (nSPS) is 21.1. The summed E-state index contributed by atoms with van der Waals surface area (Å²) in [5.41, 5.74) is 0. The summed E-state index contributed by atoms with van der Waals surface area (Å²) in [7, 11) is 1.63. The minimum Gasteiger partial charge on any atom is -0.463 e. The maximum atomic E-state index is 11.7. The Labute approximate surface area is 116 Å². The molecular formula is C14H27NO4. The van der Waals surface area contributed by atoms with E-state index < -0.39 is 0 Å². The van der Waals surface area contributed by atoms with E-state index in [1.807, 2.05) is 0 Å². The number of piperidine rings is 1. The molecule has 0 radical (unpaired) electrons. The Hall–Kier alpha value is -0.650. The third kappa shape index (κ3) is 7.50. The Morgan fingerprint density at radius 1 is 1.32 bits per heavy atom. The van der Waals surface area contributed by atoms with Crippen molar-refractivity contribution in [2.24, 2.45) is 11.8 Å². The van der Waals surface area contributed by atoms with Crippen molar-refractivity contribution in [3.8, 4) is 0 Å². The molecular weight excluding hydrogens is 246 g/mol. The van der Waals surface area contributed by atoms with Crippen molar-refractivity contribution in [3.05, 3.63) is 0 Å². The first-order valence-electron chi connectivity index (χ1n) is 7.17. The highest BCUT2D eigenvalue weighted by molar-refractivity contribution is 5.69. The fourth-order valence-electron chi connectivity index (χ4n) is 2.31. The van der Waals surface area contributed by atoms with Gasteiger partial charge in [-0.1, -0.05) is 6.92 Å². The molecule has 1 heterocycles. The second-order valence-electron chi connectivity index (χ2n) is 5.11. The maximum absolute atomic E-state index is 11.7. The van der Waals surface area contributed by atoms with Gasteiger partial charge in [-0.2, -0.15) is 0 Å². The zero-order valence-electron chi connectivity index (χ0n) is 12.2. The first-order chi connectivity index (χ1) is 9.24. The molecule has 1 rings (SSSR count). The topological polar surface area (TPSA) is 56.8 Å². The van der Waals surface area contributed by atoms with Crippen LogP contribution < -0.4 is 5.32 Å². The van der Waals surface area contributed by atoms with Crippen LogP contribution in [0.4, 0.5) is 0 Å². The van der Waals surface area contributed by atoms with E-state index in [0.717, 1.165) is 13.1 Å². The van der Waals surface area contributed by atoms with Gasteiger partial charge in [-0.05, 0) is 37.8 Å². The van der Waals surface area contributed by atoms with Gasteiger partial charge < -0.3 is 19.5 Å². The molecule has 1 aliphatic rings. The van der Waals surface area contributed by atoms with Gasteiger partial charge in [0.05, 0.1) is 19.8 Å². The van der Waals surface area contributed by atoms with Crippen LogP contribution in [-0.4, -0.2) is 52.6 Å². The number of carbonyl (C=O) groups excluding carboxylic acids is 1. The predicted molar refractivity (Wildman–Crippen MR) is 73.0 cm³/mol. The molecule has 1 aliphatic heterocycles. The summed E-state index contributed by atoms with van der Waals surface area (Å²) in [6.07, 6.45) is 2.92. The molecule has 0 spiro atoms. The van der Waals surface area contributed by atoms with E-state index in [1.165, 1.54) is 12.8 Å². The van der Waals surface area contributed by atoms with Gasteiger partial charge >= 0.3 is 5.97 Å². The lowest BCUT2D eigenvalue weighted by Crippen LogP contribution is -2.34. The van der Waals surface area contributed by atoms with Crippen molar-refractivity contribution < 1.29 is 19.0 Å². The zero-order valence-corrected chi connectivity index (χ0v) is 12.2. The van der Waals surface area contributed by atoms with E-state index in [0.29, 0.717) is 44.7 Å². The zero-order chi connectivity index (χ0) is 13.9. The van der Waals surface area contributed by atoms with Crippen molar-refractivity contribution >= 4 is 5.97 Å². The molecule has 19 heavy (non-hydrogen) atoms. The van der Waals surface area contributed by atoms with Crippen LogP contribution in [-0.2, 0) is 19.0 Å². The van der Waals surface area contributed by atoms with Crippen LogP contribution >= 0.6 is 0 Å². The van der Waals surface area contributed by atoms with Gasteiger partial charge in [-0.25, -0.2) is 0 Å². The van der Waals surface area contributed by atoms with Crippen LogP contribution in [0.5, 0.6) is 0 Å². The first-order valence-corrected chi connectivity index (χ1v) is 7.17. The molecule has 0 aromatic rings. The number of hydrogen-bond donors (Lipinski definition) is 1. The monoisotopic (exact) mass is 273 g/mol. The number of hydrogen-bond acceptors (Lipinski definition) is 5. The standard InChI is InChI=1S/C14H27NO4/c1-12(13-4-3-5-15-11-13)10-14(16)19-9-8-18-7-6-17-2/h12-13,15H,3-11H2,1-2H3. The lowest BCUT2D eigenvalue weighted by Gasteiger charge is -2.27. The van der Waals surface area contributed by atoms with Gasteiger partial charge in [0, 0.05) is 13.5 Å². The van der Waals surface area contributed by atoms with E-state index >= 15 is 0 Å². The van der Waals surface area contributed by atoms with Crippen LogP contribution in [0.25, 0.3) is 0 Å². The Balaban J connectivity index is 2.02. The Morgan fingerprint density at radius 2 is 2.11 bits per heavy atom. The second-order valence-corrected chi connectivity index (χ2v) is 5.11. The van der Waals surface area contributed by atoms with Crippen molar-refractivity contribution in [1.29, 1.82) is 0 Å². The van der Waals surface area contributed by atoms with Crippen molar-refractivity contribution in [3.63, 3.8) is 0 Å². The van der Waals surface area contributed by atoms with Crippen LogP contribution in [0.2, 0.25) is 0 Å². The van der Waals surface area contributed by atoms with Crippen molar-refractivity contribution in [2.45, 2.75) is 26.2 Å². The second kappa shape index (κ2) is 10.2. The van der Waals surface area contributed by atoms with Crippen LogP contribution in [0, 0.1) is 11.8 Å². The van der Waals surface area contributed by atoms with E-state index in [2.05, 4.69) is 12.2 Å². The fourth-order valence-corrected chi connectivity index (χ4v) is 2.31. The van der Waals surface area contributed by atoms with Crippen LogP contribution in [0.1, 0.15) is 26.2 Å². The summed E-state index contributed by atoms with van der Waals surface area (Å²) in [4.78, 5) is 11.7. The molecule has 1 fully saturated rings. The van der Waals surface area contributed by atoms with Gasteiger partial charge in [-0.3, -0.25) is 4.79 Å². The summed E-state index contributed by atoms with van der Waals surface area (Å²) in [5.74, 6) is 0.863. The average molecular weight is 273 g/mol. The number of methoxy groups -OCH3 is 1. The van der Waals surface area contributed by atoms with Crippen molar-refractivity contribution in [1.82, 2.24) is 5.32 Å². The van der Waals surface area contributed by atoms with E-state index in [9.17, 15) is 4.79 Å². The summed E-state index contributed by atoms with van der Waals surface area (Å²) < 4.78 is 15.2. The molecule has 0 aromatic carbocycles. The number of nitrogens with one attached hydrogen (secondary N) is 1. The lowest BCUT2D eigenvalue weighted by atomic mass is 9.85. The molecule has 0 amide bonds. The third-order valence-corrected chi connectivity index (χ3v) is 3.55. The molecule has 112 valence electrons. The Bertz CT molecular complexity index is 242. The Kier molecular flexibility index (Phi) is 8.79. The van der Waals surface area contributed by atoms with Gasteiger partial charge in [0.25, 0.3) is 0 Å². The molecule has 2 atom stereocenters. The molecule has 0 aromatic heterocycles. The summed E-state index contributed by atoms with van der Waals surface area (Å²) in [6.45, 7) is 6.14. The highest BCUT2D eigenvalue weighted by atomic mass is 16.6. The van der Waals surface area contributed by atoms with E-state index in [-0.39, 0.29) is 5.97 Å². The molecule has 0 aliphatic carbocycles. The Morgan fingerprint density at radius 3 is 2.79 bits per heavy atom. The molecule has 0 bridgehead atoms. The van der Waals surface area contributed by atoms with Crippen molar-refractivity contribution in [2.75, 3.05) is 46.6 Å². The largest absolute Gasteiger partial charge is 0.463 e. The summed E-state index contributed by atoms with van der Waals surface area (Å²) >= 11 is 0. The molecule has 0 saturated carbocycles. The minimum atomic E-state index is -0.117. The van der Waals surface area contributed by atoms with Gasteiger partial charge in [0.1, 0.15) is 6.61 Å². The predicted octanol–water partition coefficient (Wildman–Crippen LogP) is 1.22. The van der Waals surface area contributed by atoms with Crippen LogP contribution in [0.15, 0.2) is 0 Å². The van der Waals surface area contributed by atoms with Crippen LogP contribution in [0.3, 0.4) is 0 Å². The lowest BCUT2D eigenvalue weighted by molar-refractivity contribution is -0.146. The average Bonchev–Trinajstić information content (AvgIpc) is 2.43. The minimum absolute atomic E-state index is 0.117. The highest BCUT2D eigenvalue weighted by Crippen LogP contribution is 2.22. The summed E-state index contributed by atoms with van der Waals surface area (Å²) in [5, 5.41) is 3.38. The number of esters is 1. The number of carbonyl (C=O) groups is 1. The number of ether oxygens (including phenoxy) is 3. The highest BCUT2D eigenvalue weighted by Gasteiger charge is 2.22. The first kappa shape index (κ1) is 16.4. The van der Waals surface area contributed by atoms with Gasteiger partial charge in [0.15, 0.2) is 0 Å². The van der Waals surface area contributed by atoms with E-state index in [4.69, 9.17) is 14.2 Å². The van der Waals surface area contributed by atoms with Gasteiger partial charge in [-0.15, -0.1) is 0 Å². The molecule has 5 heteroatoms. The number of rotatable bonds is 9. The quantitative estimate of drug-likeness (QED) is 0.505. The summed E-state index contributed by atoms with van der Waals surface area (Å²) in [6, 6.07) is 0. The molecule has 2 unspecified atom stereocenters. The maximum Gasteiger partial charge on any atom is 0.306 e. The smallest absolute Gasteiger partial charge is 0.306 e. The molecule has 1 saturated heterocycles. The third-order valence-electron chi connectivity index (χ3n) is 3.55. The molecule has 1 N–H and O–H groups in total. The van der Waals surface area contributed by atoms with E-state index in [1.54, 1.807) is 7.11 Å².